The van der Waals surface area contributed by atoms with Crippen LogP contribution in [-0.2, 0) is 0 Å². The van der Waals surface area contributed by atoms with Crippen molar-refractivity contribution in [3.8, 4) is 10.6 Å². The van der Waals surface area contributed by atoms with Crippen LogP contribution in [0.5, 0.6) is 0 Å². The number of thiophene rings is 1. The van der Waals surface area contributed by atoms with E-state index in [1.54, 1.807) is 11.3 Å². The first-order valence-corrected chi connectivity index (χ1v) is 8.38. The quantitative estimate of drug-likeness (QED) is 0.516. The van der Waals surface area contributed by atoms with E-state index in [9.17, 15) is 0 Å². The maximum atomic E-state index is 6.07. The number of halogens is 1. The number of anilines is 2. The molecule has 4 rings (SSSR count). The fraction of sp³-hybridized carbons (Fsp3) is 0. The second-order valence-corrected chi connectivity index (χ2v) is 6.41. The normalized spacial score (nSPS) is 10.8. The van der Waals surface area contributed by atoms with Crippen LogP contribution < -0.4 is 5.32 Å². The summed E-state index contributed by atoms with van der Waals surface area (Å²) in [4.78, 5) is 10.6. The number of nitrogens with one attached hydrogen (secondary N) is 1. The highest BCUT2D eigenvalue weighted by Gasteiger charge is 2.12. The van der Waals surface area contributed by atoms with Crippen molar-refractivity contribution in [1.82, 2.24) is 9.97 Å². The van der Waals surface area contributed by atoms with Crippen molar-refractivity contribution >= 4 is 45.5 Å². The molecule has 0 radical (unpaired) electrons. The van der Waals surface area contributed by atoms with Crippen LogP contribution in [-0.4, -0.2) is 9.97 Å². The zero-order valence-corrected chi connectivity index (χ0v) is 13.6. The lowest BCUT2D eigenvalue weighted by atomic mass is 10.2. The predicted molar refractivity (Wildman–Crippen MR) is 97.6 cm³/mol. The first-order chi connectivity index (χ1) is 11.3. The average Bonchev–Trinajstić information content (AvgIpc) is 3.08. The monoisotopic (exact) mass is 337 g/mol. The number of benzene rings is 2. The van der Waals surface area contributed by atoms with E-state index in [2.05, 4.69) is 5.32 Å². The molecule has 5 heteroatoms. The van der Waals surface area contributed by atoms with Gasteiger partial charge in [0.2, 0.25) is 0 Å². The Bertz CT molecular complexity index is 967. The molecule has 2 heterocycles. The summed E-state index contributed by atoms with van der Waals surface area (Å²) in [6.07, 6.45) is 0. The molecule has 0 aliphatic heterocycles. The Labute approximate surface area is 142 Å². The van der Waals surface area contributed by atoms with Crippen LogP contribution >= 0.6 is 22.9 Å². The second kappa shape index (κ2) is 5.99. The Morgan fingerprint density at radius 3 is 2.43 bits per heavy atom. The van der Waals surface area contributed by atoms with Gasteiger partial charge in [0, 0.05) is 10.7 Å². The zero-order chi connectivity index (χ0) is 15.6. The van der Waals surface area contributed by atoms with Crippen LogP contribution in [0.4, 0.5) is 11.5 Å². The van der Waals surface area contributed by atoms with Crippen LogP contribution in [0.15, 0.2) is 66.0 Å². The molecular formula is C18H12ClN3S. The fourth-order valence-corrected chi connectivity index (χ4v) is 3.28. The summed E-state index contributed by atoms with van der Waals surface area (Å²) in [5.74, 6) is 0.730. The number of hydrogen-bond acceptors (Lipinski definition) is 4. The number of hydrogen-bond donors (Lipinski definition) is 1. The first kappa shape index (κ1) is 14.2. The number of para-hydroxylation sites is 2. The van der Waals surface area contributed by atoms with Gasteiger partial charge in [0.1, 0.15) is 5.69 Å². The fourth-order valence-electron chi connectivity index (χ4n) is 2.38. The zero-order valence-electron chi connectivity index (χ0n) is 12.0. The summed E-state index contributed by atoms with van der Waals surface area (Å²) in [7, 11) is 0. The van der Waals surface area contributed by atoms with E-state index >= 15 is 0 Å². The van der Waals surface area contributed by atoms with Gasteiger partial charge in [-0.2, -0.15) is 0 Å². The maximum absolute atomic E-state index is 6.07. The van der Waals surface area contributed by atoms with Crippen molar-refractivity contribution in [1.29, 1.82) is 0 Å². The van der Waals surface area contributed by atoms with Gasteiger partial charge in [-0.25, -0.2) is 9.97 Å². The van der Waals surface area contributed by atoms with Crippen LogP contribution in [0.25, 0.3) is 21.6 Å². The number of nitrogens with zero attached hydrogens (tertiary/aromatic N) is 2. The predicted octanol–water partition coefficient (Wildman–Crippen LogP) is 5.76. The third-order valence-corrected chi connectivity index (χ3v) is 4.52. The number of aromatic nitrogens is 2. The van der Waals surface area contributed by atoms with Gasteiger partial charge in [0.25, 0.3) is 0 Å². The molecule has 0 aliphatic carbocycles. The van der Waals surface area contributed by atoms with Gasteiger partial charge in [-0.05, 0) is 41.8 Å². The van der Waals surface area contributed by atoms with Gasteiger partial charge in [-0.1, -0.05) is 35.9 Å². The second-order valence-electron chi connectivity index (χ2n) is 5.02. The minimum Gasteiger partial charge on any atom is -0.338 e. The molecule has 23 heavy (non-hydrogen) atoms. The lowest BCUT2D eigenvalue weighted by Gasteiger charge is -2.11. The Morgan fingerprint density at radius 1 is 0.870 bits per heavy atom. The SMILES string of the molecule is Clc1cccc(Nc2nc3ccccc3nc2-c2cccs2)c1. The van der Waals surface area contributed by atoms with Crippen molar-refractivity contribution in [3.05, 3.63) is 71.1 Å². The molecule has 2 aromatic heterocycles. The Hall–Kier alpha value is -2.43. The lowest BCUT2D eigenvalue weighted by molar-refractivity contribution is 1.29. The van der Waals surface area contributed by atoms with Gasteiger partial charge >= 0.3 is 0 Å². The molecule has 0 aliphatic rings. The highest BCUT2D eigenvalue weighted by Crippen LogP contribution is 2.32. The minimum absolute atomic E-state index is 0.682. The summed E-state index contributed by atoms with van der Waals surface area (Å²) < 4.78 is 0. The molecule has 4 aromatic rings. The molecule has 0 saturated carbocycles. The van der Waals surface area contributed by atoms with E-state index in [1.807, 2.05) is 66.0 Å². The van der Waals surface area contributed by atoms with E-state index in [1.165, 1.54) is 0 Å². The summed E-state index contributed by atoms with van der Waals surface area (Å²) >= 11 is 7.72. The first-order valence-electron chi connectivity index (χ1n) is 7.13. The van der Waals surface area contributed by atoms with Crippen LogP contribution in [0.1, 0.15) is 0 Å². The molecule has 0 amide bonds. The van der Waals surface area contributed by atoms with Crippen LogP contribution in [0.3, 0.4) is 0 Å². The molecule has 0 saturated heterocycles. The van der Waals surface area contributed by atoms with E-state index in [0.717, 1.165) is 33.1 Å². The highest BCUT2D eigenvalue weighted by atomic mass is 35.5. The minimum atomic E-state index is 0.682. The third kappa shape index (κ3) is 2.91. The Morgan fingerprint density at radius 2 is 1.70 bits per heavy atom. The standard InChI is InChI=1S/C18H12ClN3S/c19-12-5-3-6-13(11-12)20-18-17(16-9-4-10-23-16)21-14-7-1-2-8-15(14)22-18/h1-11H,(H,20,22). The van der Waals surface area contributed by atoms with Crippen molar-refractivity contribution in [2.75, 3.05) is 5.32 Å². The molecule has 1 N–H and O–H groups in total. The summed E-state index contributed by atoms with van der Waals surface area (Å²) in [6, 6.07) is 19.5. The lowest BCUT2D eigenvalue weighted by Crippen LogP contribution is -1.99. The Kier molecular flexibility index (Phi) is 3.69. The van der Waals surface area contributed by atoms with Crippen molar-refractivity contribution in [2.24, 2.45) is 0 Å². The number of fused-ring (bicyclic) bond motifs is 1. The highest BCUT2D eigenvalue weighted by molar-refractivity contribution is 7.13. The van der Waals surface area contributed by atoms with Gasteiger partial charge in [0.15, 0.2) is 5.82 Å². The van der Waals surface area contributed by atoms with Gasteiger partial charge in [0.05, 0.1) is 15.9 Å². The average molecular weight is 338 g/mol. The largest absolute Gasteiger partial charge is 0.338 e. The van der Waals surface area contributed by atoms with Crippen molar-refractivity contribution < 1.29 is 0 Å². The molecule has 0 fully saturated rings. The van der Waals surface area contributed by atoms with E-state index in [0.29, 0.717) is 5.02 Å². The molecular weight excluding hydrogens is 326 g/mol. The van der Waals surface area contributed by atoms with Crippen LogP contribution in [0.2, 0.25) is 5.02 Å². The summed E-state index contributed by atoms with van der Waals surface area (Å²) in [5, 5.41) is 6.06. The van der Waals surface area contributed by atoms with E-state index < -0.39 is 0 Å². The van der Waals surface area contributed by atoms with Gasteiger partial charge in [-0.15, -0.1) is 11.3 Å². The van der Waals surface area contributed by atoms with Gasteiger partial charge < -0.3 is 5.32 Å². The molecule has 0 atom stereocenters. The summed E-state index contributed by atoms with van der Waals surface area (Å²) in [6.45, 7) is 0. The molecule has 0 bridgehead atoms. The van der Waals surface area contributed by atoms with Gasteiger partial charge in [-0.3, -0.25) is 0 Å². The van der Waals surface area contributed by atoms with E-state index in [4.69, 9.17) is 21.6 Å². The molecule has 112 valence electrons. The number of rotatable bonds is 3. The Balaban J connectivity index is 1.87. The third-order valence-electron chi connectivity index (χ3n) is 3.41. The molecule has 2 aromatic carbocycles. The van der Waals surface area contributed by atoms with Crippen molar-refractivity contribution in [2.45, 2.75) is 0 Å². The van der Waals surface area contributed by atoms with Crippen LogP contribution in [0, 0.1) is 0 Å². The topological polar surface area (TPSA) is 37.8 Å². The molecule has 0 unspecified atom stereocenters. The molecule has 0 spiro atoms. The van der Waals surface area contributed by atoms with E-state index in [-0.39, 0.29) is 0 Å². The van der Waals surface area contributed by atoms with Crippen molar-refractivity contribution in [3.63, 3.8) is 0 Å². The maximum Gasteiger partial charge on any atom is 0.158 e. The smallest absolute Gasteiger partial charge is 0.158 e. The molecule has 3 nitrogen and oxygen atoms in total. The summed E-state index contributed by atoms with van der Waals surface area (Å²) in [5.41, 5.74) is 3.48.